The van der Waals surface area contributed by atoms with Gasteiger partial charge >= 0.3 is 0 Å². The number of halogens is 1. The molecule has 0 aromatic heterocycles. The van der Waals surface area contributed by atoms with Crippen molar-refractivity contribution in [1.82, 2.24) is 0 Å². The molecule has 2 nitrogen and oxygen atoms in total. The quantitative estimate of drug-likeness (QED) is 0.580. The summed E-state index contributed by atoms with van der Waals surface area (Å²) in [6.07, 6.45) is 6.21. The van der Waals surface area contributed by atoms with Crippen LogP contribution in [0.1, 0.15) is 57.1 Å². The topological polar surface area (TPSA) is 35.2 Å². The number of benzene rings is 1. The Balaban J connectivity index is 2.45. The summed E-state index contributed by atoms with van der Waals surface area (Å²) in [5, 5.41) is 0. The highest BCUT2D eigenvalue weighted by Gasteiger charge is 2.05. The summed E-state index contributed by atoms with van der Waals surface area (Å²) >= 11 is 0. The van der Waals surface area contributed by atoms with Gasteiger partial charge in [0, 0.05) is 5.56 Å². The molecular formula is C18H26FNO. The van der Waals surface area contributed by atoms with Crippen LogP contribution in [0, 0.1) is 17.7 Å². The number of rotatable bonds is 8. The van der Waals surface area contributed by atoms with Gasteiger partial charge in [0.05, 0.1) is 19.3 Å². The molecular weight excluding hydrogens is 265 g/mol. The monoisotopic (exact) mass is 291 g/mol. The summed E-state index contributed by atoms with van der Waals surface area (Å²) in [7, 11) is 0. The van der Waals surface area contributed by atoms with Crippen LogP contribution in [0.2, 0.25) is 0 Å². The molecule has 0 amide bonds. The SMILES string of the molecule is CCCCCCC(C)OCc1cc(F)cc(C#CCN)c1. The van der Waals surface area contributed by atoms with Crippen molar-refractivity contribution in [2.75, 3.05) is 6.54 Å². The van der Waals surface area contributed by atoms with Crippen LogP contribution in [-0.2, 0) is 11.3 Å². The molecule has 1 aromatic carbocycles. The molecule has 0 spiro atoms. The summed E-state index contributed by atoms with van der Waals surface area (Å²) in [5.41, 5.74) is 6.79. The van der Waals surface area contributed by atoms with Crippen LogP contribution in [0.3, 0.4) is 0 Å². The first-order valence-electron chi connectivity index (χ1n) is 7.75. The van der Waals surface area contributed by atoms with E-state index < -0.39 is 0 Å². The Kier molecular flexibility index (Phi) is 8.73. The molecule has 2 N–H and O–H groups in total. The Bertz CT molecular complexity index is 476. The Morgan fingerprint density at radius 2 is 2.05 bits per heavy atom. The molecule has 0 aliphatic carbocycles. The van der Waals surface area contributed by atoms with Crippen LogP contribution >= 0.6 is 0 Å². The zero-order valence-electron chi connectivity index (χ0n) is 13.1. The molecule has 0 aliphatic heterocycles. The summed E-state index contributed by atoms with van der Waals surface area (Å²) in [5.74, 6) is 5.30. The lowest BCUT2D eigenvalue weighted by molar-refractivity contribution is 0.0457. The Morgan fingerprint density at radius 1 is 1.24 bits per heavy atom. The van der Waals surface area contributed by atoms with E-state index in [9.17, 15) is 4.39 Å². The maximum atomic E-state index is 13.5. The highest BCUT2D eigenvalue weighted by molar-refractivity contribution is 5.37. The highest BCUT2D eigenvalue weighted by Crippen LogP contribution is 2.13. The van der Waals surface area contributed by atoms with Gasteiger partial charge < -0.3 is 10.5 Å². The van der Waals surface area contributed by atoms with Crippen LogP contribution in [0.4, 0.5) is 4.39 Å². The summed E-state index contributed by atoms with van der Waals surface area (Å²) in [6.45, 7) is 4.97. The van der Waals surface area contributed by atoms with Crippen molar-refractivity contribution in [1.29, 1.82) is 0 Å². The predicted molar refractivity (Wildman–Crippen MR) is 85.3 cm³/mol. The van der Waals surface area contributed by atoms with E-state index >= 15 is 0 Å². The minimum atomic E-state index is -0.284. The van der Waals surface area contributed by atoms with Gasteiger partial charge in [-0.15, -0.1) is 0 Å². The second-order valence-electron chi connectivity index (χ2n) is 5.33. The third kappa shape index (κ3) is 7.84. The number of hydrogen-bond acceptors (Lipinski definition) is 2. The molecule has 21 heavy (non-hydrogen) atoms. The van der Waals surface area contributed by atoms with Crippen LogP contribution in [0.5, 0.6) is 0 Å². The Morgan fingerprint density at radius 3 is 2.76 bits per heavy atom. The fourth-order valence-corrected chi connectivity index (χ4v) is 2.14. The average Bonchev–Trinajstić information content (AvgIpc) is 2.47. The van der Waals surface area contributed by atoms with E-state index in [4.69, 9.17) is 10.5 Å². The van der Waals surface area contributed by atoms with Crippen molar-refractivity contribution in [3.8, 4) is 11.8 Å². The molecule has 0 aliphatic rings. The van der Waals surface area contributed by atoms with Crippen molar-refractivity contribution < 1.29 is 9.13 Å². The normalized spacial score (nSPS) is 11.8. The first-order valence-corrected chi connectivity index (χ1v) is 7.75. The Hall–Kier alpha value is -1.37. The van der Waals surface area contributed by atoms with E-state index in [0.717, 1.165) is 12.0 Å². The molecule has 1 atom stereocenters. The van der Waals surface area contributed by atoms with E-state index in [1.807, 2.05) is 6.07 Å². The minimum absolute atomic E-state index is 0.198. The molecule has 0 fully saturated rings. The maximum Gasteiger partial charge on any atom is 0.124 e. The zero-order chi connectivity index (χ0) is 15.5. The predicted octanol–water partition coefficient (Wildman–Crippen LogP) is 4.01. The van der Waals surface area contributed by atoms with Crippen molar-refractivity contribution >= 4 is 0 Å². The van der Waals surface area contributed by atoms with E-state index in [0.29, 0.717) is 12.2 Å². The first-order chi connectivity index (χ1) is 10.2. The first kappa shape index (κ1) is 17.7. The van der Waals surface area contributed by atoms with Gasteiger partial charge in [0.15, 0.2) is 0 Å². The molecule has 0 heterocycles. The van der Waals surface area contributed by atoms with Gasteiger partial charge in [0.2, 0.25) is 0 Å². The van der Waals surface area contributed by atoms with Crippen molar-refractivity contribution in [2.24, 2.45) is 5.73 Å². The van der Waals surface area contributed by atoms with E-state index in [-0.39, 0.29) is 18.5 Å². The van der Waals surface area contributed by atoms with E-state index in [1.54, 1.807) is 0 Å². The van der Waals surface area contributed by atoms with Gasteiger partial charge in [-0.1, -0.05) is 44.4 Å². The summed E-state index contributed by atoms with van der Waals surface area (Å²) in [6, 6.07) is 4.77. The van der Waals surface area contributed by atoms with Crippen molar-refractivity contribution in [3.05, 3.63) is 35.1 Å². The standard InChI is InChI=1S/C18H26FNO/c1-3-4-5-6-8-15(2)21-14-17-11-16(9-7-10-20)12-18(19)13-17/h11-13,15H,3-6,8,10,14,20H2,1-2H3. The molecule has 1 unspecified atom stereocenters. The van der Waals surface area contributed by atoms with Gasteiger partial charge in [-0.25, -0.2) is 4.39 Å². The van der Waals surface area contributed by atoms with E-state index in [1.165, 1.54) is 37.8 Å². The number of ether oxygens (including phenoxy) is 1. The molecule has 0 radical (unpaired) electrons. The Labute approximate surface area is 127 Å². The molecule has 0 bridgehead atoms. The molecule has 1 rings (SSSR count). The zero-order valence-corrected chi connectivity index (χ0v) is 13.1. The van der Waals surface area contributed by atoms with Crippen LogP contribution in [0.25, 0.3) is 0 Å². The maximum absolute atomic E-state index is 13.5. The summed E-state index contributed by atoms with van der Waals surface area (Å²) in [4.78, 5) is 0. The van der Waals surface area contributed by atoms with E-state index in [2.05, 4.69) is 25.7 Å². The lowest BCUT2D eigenvalue weighted by Gasteiger charge is -2.13. The molecule has 116 valence electrons. The van der Waals surface area contributed by atoms with Crippen molar-refractivity contribution in [2.45, 2.75) is 58.7 Å². The number of nitrogens with two attached hydrogens (primary N) is 1. The minimum Gasteiger partial charge on any atom is -0.374 e. The lowest BCUT2D eigenvalue weighted by Crippen LogP contribution is -2.08. The van der Waals surface area contributed by atoms with Crippen LogP contribution < -0.4 is 5.73 Å². The van der Waals surface area contributed by atoms with Crippen molar-refractivity contribution in [3.63, 3.8) is 0 Å². The van der Waals surface area contributed by atoms with Crippen LogP contribution in [-0.4, -0.2) is 12.6 Å². The van der Waals surface area contributed by atoms with Gasteiger partial charge in [0.1, 0.15) is 5.82 Å². The smallest absolute Gasteiger partial charge is 0.124 e. The largest absolute Gasteiger partial charge is 0.374 e. The van der Waals surface area contributed by atoms with Gasteiger partial charge in [-0.05, 0) is 37.1 Å². The van der Waals surface area contributed by atoms with Crippen LogP contribution in [0.15, 0.2) is 18.2 Å². The molecule has 1 aromatic rings. The van der Waals surface area contributed by atoms with Gasteiger partial charge in [-0.3, -0.25) is 0 Å². The second-order valence-corrected chi connectivity index (χ2v) is 5.33. The van der Waals surface area contributed by atoms with Gasteiger partial charge in [-0.2, -0.15) is 0 Å². The fraction of sp³-hybridized carbons (Fsp3) is 0.556. The average molecular weight is 291 g/mol. The fourth-order valence-electron chi connectivity index (χ4n) is 2.14. The summed E-state index contributed by atoms with van der Waals surface area (Å²) < 4.78 is 19.3. The molecule has 0 saturated carbocycles. The second kappa shape index (κ2) is 10.4. The number of unbranched alkanes of at least 4 members (excludes halogenated alkanes) is 3. The highest BCUT2D eigenvalue weighted by atomic mass is 19.1. The third-order valence-corrected chi connectivity index (χ3v) is 3.29. The van der Waals surface area contributed by atoms with Gasteiger partial charge in [0.25, 0.3) is 0 Å². The molecule has 3 heteroatoms. The lowest BCUT2D eigenvalue weighted by atomic mass is 10.1. The number of hydrogen-bond donors (Lipinski definition) is 1. The molecule has 0 saturated heterocycles. The third-order valence-electron chi connectivity index (χ3n) is 3.29.